The van der Waals surface area contributed by atoms with Gasteiger partial charge in [-0.1, -0.05) is 6.07 Å². The van der Waals surface area contributed by atoms with Gasteiger partial charge in [-0.15, -0.1) is 0 Å². The largest absolute Gasteiger partial charge is 0.497 e. The number of nitrogens with zero attached hydrogens (tertiary/aromatic N) is 1. The first-order valence-electron chi connectivity index (χ1n) is 6.14. The normalized spacial score (nSPS) is 11.7. The number of nitrogens with one attached hydrogen (secondary N) is 1. The van der Waals surface area contributed by atoms with Gasteiger partial charge in [-0.3, -0.25) is 4.98 Å². The van der Waals surface area contributed by atoms with E-state index in [4.69, 9.17) is 9.47 Å². The molecule has 2 aromatic rings. The third-order valence-electron chi connectivity index (χ3n) is 2.91. The third-order valence-corrected chi connectivity index (χ3v) is 2.91. The summed E-state index contributed by atoms with van der Waals surface area (Å²) < 4.78 is 10.6. The van der Waals surface area contributed by atoms with E-state index in [0.29, 0.717) is 0 Å². The minimum absolute atomic E-state index is 0.0854. The van der Waals surface area contributed by atoms with Crippen LogP contribution in [-0.2, 0) is 0 Å². The van der Waals surface area contributed by atoms with Crippen molar-refractivity contribution < 1.29 is 9.47 Å². The lowest BCUT2D eigenvalue weighted by Crippen LogP contribution is -2.09. The van der Waals surface area contributed by atoms with Gasteiger partial charge in [0.15, 0.2) is 0 Å². The first-order chi connectivity index (χ1) is 9.24. The van der Waals surface area contributed by atoms with E-state index in [0.717, 1.165) is 22.9 Å². The van der Waals surface area contributed by atoms with Gasteiger partial charge in [-0.25, -0.2) is 0 Å². The van der Waals surface area contributed by atoms with Crippen molar-refractivity contribution in [3.8, 4) is 11.5 Å². The lowest BCUT2D eigenvalue weighted by Gasteiger charge is -2.17. The van der Waals surface area contributed by atoms with E-state index in [-0.39, 0.29) is 6.04 Å². The predicted octanol–water partition coefficient (Wildman–Crippen LogP) is 3.27. The molecular formula is C15H18N2O2. The van der Waals surface area contributed by atoms with Crippen LogP contribution in [0.2, 0.25) is 0 Å². The van der Waals surface area contributed by atoms with Crippen molar-refractivity contribution in [2.75, 3.05) is 19.5 Å². The molecule has 1 aromatic heterocycles. The number of anilines is 1. The highest BCUT2D eigenvalue weighted by Crippen LogP contribution is 2.31. The van der Waals surface area contributed by atoms with Crippen LogP contribution in [0.1, 0.15) is 18.7 Å². The Balaban J connectivity index is 2.22. The molecule has 0 aliphatic rings. The molecule has 4 heteroatoms. The van der Waals surface area contributed by atoms with Crippen molar-refractivity contribution in [2.45, 2.75) is 13.0 Å². The maximum absolute atomic E-state index is 5.34. The smallest absolute Gasteiger partial charge is 0.142 e. The number of aromatic nitrogens is 1. The van der Waals surface area contributed by atoms with E-state index in [9.17, 15) is 0 Å². The fourth-order valence-corrected chi connectivity index (χ4v) is 1.87. The van der Waals surface area contributed by atoms with Crippen LogP contribution in [0.3, 0.4) is 0 Å². The van der Waals surface area contributed by atoms with Crippen molar-refractivity contribution >= 4 is 5.69 Å². The molecule has 1 atom stereocenters. The van der Waals surface area contributed by atoms with Crippen LogP contribution in [0, 0.1) is 0 Å². The first kappa shape index (κ1) is 13.2. The maximum atomic E-state index is 5.34. The summed E-state index contributed by atoms with van der Waals surface area (Å²) >= 11 is 0. The van der Waals surface area contributed by atoms with Crippen molar-refractivity contribution in [1.82, 2.24) is 4.98 Å². The van der Waals surface area contributed by atoms with Gasteiger partial charge in [0.2, 0.25) is 0 Å². The van der Waals surface area contributed by atoms with Gasteiger partial charge in [0.25, 0.3) is 0 Å². The van der Waals surface area contributed by atoms with Gasteiger partial charge in [-0.05, 0) is 31.2 Å². The fraction of sp³-hybridized carbons (Fsp3) is 0.267. The molecule has 0 aliphatic carbocycles. The summed E-state index contributed by atoms with van der Waals surface area (Å²) in [7, 11) is 3.30. The molecule has 0 fully saturated rings. The quantitative estimate of drug-likeness (QED) is 0.893. The van der Waals surface area contributed by atoms with E-state index in [2.05, 4.69) is 17.2 Å². The number of methoxy groups -OCH3 is 2. The lowest BCUT2D eigenvalue weighted by atomic mass is 10.2. The van der Waals surface area contributed by atoms with Crippen molar-refractivity contribution in [2.24, 2.45) is 0 Å². The molecule has 19 heavy (non-hydrogen) atoms. The summed E-state index contributed by atoms with van der Waals surface area (Å²) in [6.07, 6.45) is 1.79. The molecule has 0 bridgehead atoms. The molecule has 0 radical (unpaired) electrons. The Labute approximate surface area is 113 Å². The van der Waals surface area contributed by atoms with Crippen molar-refractivity contribution in [3.05, 3.63) is 48.3 Å². The summed E-state index contributed by atoms with van der Waals surface area (Å²) in [6.45, 7) is 2.06. The minimum atomic E-state index is 0.0854. The number of rotatable bonds is 5. The zero-order valence-corrected chi connectivity index (χ0v) is 11.4. The summed E-state index contributed by atoms with van der Waals surface area (Å²) in [4.78, 5) is 4.34. The molecule has 1 heterocycles. The van der Waals surface area contributed by atoms with Gasteiger partial charge in [-0.2, -0.15) is 0 Å². The average Bonchev–Trinajstić information content (AvgIpc) is 2.48. The van der Waals surface area contributed by atoms with E-state index < -0.39 is 0 Å². The Hall–Kier alpha value is -2.23. The highest BCUT2D eigenvalue weighted by Gasteiger charge is 2.10. The minimum Gasteiger partial charge on any atom is -0.497 e. The topological polar surface area (TPSA) is 43.4 Å². The third kappa shape index (κ3) is 3.16. The second kappa shape index (κ2) is 6.09. The van der Waals surface area contributed by atoms with Crippen molar-refractivity contribution in [1.29, 1.82) is 0 Å². The Morgan fingerprint density at radius 3 is 2.58 bits per heavy atom. The number of benzene rings is 1. The van der Waals surface area contributed by atoms with Crippen LogP contribution in [0.4, 0.5) is 5.69 Å². The van der Waals surface area contributed by atoms with Gasteiger partial charge in [0.1, 0.15) is 11.5 Å². The molecule has 1 unspecified atom stereocenters. The molecular weight excluding hydrogens is 240 g/mol. The zero-order chi connectivity index (χ0) is 13.7. The predicted molar refractivity (Wildman–Crippen MR) is 75.8 cm³/mol. The van der Waals surface area contributed by atoms with Crippen LogP contribution in [0.5, 0.6) is 11.5 Å². The summed E-state index contributed by atoms with van der Waals surface area (Å²) in [6, 6.07) is 11.6. The number of pyridine rings is 1. The molecule has 0 aliphatic heterocycles. The standard InChI is InChI=1S/C15H18N2O2/c1-11(13-6-4-5-9-16-13)17-14-10-12(18-2)7-8-15(14)19-3/h4-11,17H,1-3H3. The van der Waals surface area contributed by atoms with Gasteiger partial charge < -0.3 is 14.8 Å². The molecule has 0 saturated heterocycles. The lowest BCUT2D eigenvalue weighted by molar-refractivity contribution is 0.404. The Bertz CT molecular complexity index is 529. The highest BCUT2D eigenvalue weighted by molar-refractivity contribution is 5.60. The van der Waals surface area contributed by atoms with Gasteiger partial charge >= 0.3 is 0 Å². The summed E-state index contributed by atoms with van der Waals surface area (Å²) in [5.74, 6) is 1.57. The molecule has 100 valence electrons. The molecule has 0 amide bonds. The molecule has 2 rings (SSSR count). The summed E-state index contributed by atoms with van der Waals surface area (Å²) in [5, 5.41) is 3.38. The van der Waals surface area contributed by atoms with Crippen LogP contribution < -0.4 is 14.8 Å². The summed E-state index contributed by atoms with van der Waals surface area (Å²) in [5.41, 5.74) is 1.87. The maximum Gasteiger partial charge on any atom is 0.142 e. The van der Waals surface area contributed by atoms with Crippen LogP contribution in [0.15, 0.2) is 42.6 Å². The first-order valence-corrected chi connectivity index (χ1v) is 6.14. The Morgan fingerprint density at radius 2 is 1.95 bits per heavy atom. The number of ether oxygens (including phenoxy) is 2. The monoisotopic (exact) mass is 258 g/mol. The molecule has 1 aromatic carbocycles. The SMILES string of the molecule is COc1ccc(OC)c(NC(C)c2ccccn2)c1. The second-order valence-electron chi connectivity index (χ2n) is 4.19. The van der Waals surface area contributed by atoms with E-state index in [1.807, 2.05) is 36.4 Å². The molecule has 1 N–H and O–H groups in total. The average molecular weight is 258 g/mol. The molecule has 0 spiro atoms. The number of hydrogen-bond donors (Lipinski definition) is 1. The zero-order valence-electron chi connectivity index (χ0n) is 11.4. The number of hydrogen-bond acceptors (Lipinski definition) is 4. The molecule has 4 nitrogen and oxygen atoms in total. The Morgan fingerprint density at radius 1 is 1.11 bits per heavy atom. The highest BCUT2D eigenvalue weighted by atomic mass is 16.5. The van der Waals surface area contributed by atoms with Crippen LogP contribution in [0.25, 0.3) is 0 Å². The van der Waals surface area contributed by atoms with Crippen LogP contribution >= 0.6 is 0 Å². The van der Waals surface area contributed by atoms with Gasteiger partial charge in [0.05, 0.1) is 31.6 Å². The van der Waals surface area contributed by atoms with Gasteiger partial charge in [0, 0.05) is 12.3 Å². The van der Waals surface area contributed by atoms with Crippen LogP contribution in [-0.4, -0.2) is 19.2 Å². The molecule has 0 saturated carbocycles. The van der Waals surface area contributed by atoms with E-state index in [1.54, 1.807) is 20.4 Å². The Kier molecular flexibility index (Phi) is 4.23. The second-order valence-corrected chi connectivity index (χ2v) is 4.19. The van der Waals surface area contributed by atoms with E-state index in [1.165, 1.54) is 0 Å². The van der Waals surface area contributed by atoms with E-state index >= 15 is 0 Å². The fourth-order valence-electron chi connectivity index (χ4n) is 1.87. The van der Waals surface area contributed by atoms with Crippen molar-refractivity contribution in [3.63, 3.8) is 0 Å².